The topological polar surface area (TPSA) is 77.4 Å². The van der Waals surface area contributed by atoms with Gasteiger partial charge in [0.1, 0.15) is 24.7 Å². The fourth-order valence-electron chi connectivity index (χ4n) is 1.42. The van der Waals surface area contributed by atoms with Gasteiger partial charge < -0.3 is 29.2 Å². The Morgan fingerprint density at radius 3 is 1.65 bits per heavy atom. The van der Waals surface area contributed by atoms with Gasteiger partial charge in [-0.25, -0.2) is 0 Å². The summed E-state index contributed by atoms with van der Waals surface area (Å²) in [4.78, 5) is 0. The molecule has 0 aliphatic carbocycles. The van der Waals surface area contributed by atoms with Crippen LogP contribution in [0.15, 0.2) is 24.3 Å². The van der Waals surface area contributed by atoms with E-state index in [-0.39, 0.29) is 13.2 Å². The monoisotopic (exact) mass is 286 g/mol. The molecule has 0 amide bonds. The second-order valence-corrected chi connectivity index (χ2v) is 3.84. The first kappa shape index (κ1) is 16.7. The molecule has 0 bridgehead atoms. The van der Waals surface area contributed by atoms with Crippen molar-refractivity contribution in [3.05, 3.63) is 24.3 Å². The van der Waals surface area contributed by atoms with E-state index in [1.807, 2.05) is 18.2 Å². The van der Waals surface area contributed by atoms with Crippen molar-refractivity contribution in [2.24, 2.45) is 0 Å². The van der Waals surface area contributed by atoms with E-state index in [2.05, 4.69) is 0 Å². The molecule has 0 unspecified atom stereocenters. The Morgan fingerprint density at radius 1 is 0.700 bits per heavy atom. The van der Waals surface area contributed by atoms with Gasteiger partial charge in [-0.05, 0) is 12.1 Å². The summed E-state index contributed by atoms with van der Waals surface area (Å²) in [5.74, 6) is 1.40. The highest BCUT2D eigenvalue weighted by atomic mass is 16.5. The quantitative estimate of drug-likeness (QED) is 0.544. The third-order valence-corrected chi connectivity index (χ3v) is 2.27. The van der Waals surface area contributed by atoms with Crippen molar-refractivity contribution < 1.29 is 29.2 Å². The number of hydrogen-bond donors (Lipinski definition) is 2. The third-order valence-electron chi connectivity index (χ3n) is 2.27. The van der Waals surface area contributed by atoms with Crippen LogP contribution in [0.2, 0.25) is 0 Å². The smallest absolute Gasteiger partial charge is 0.123 e. The third kappa shape index (κ3) is 7.96. The molecule has 0 atom stereocenters. The SMILES string of the molecule is OCCOCCOc1cccc(OCCOCCO)c1. The standard InChI is InChI=1S/C14H22O6/c15-4-6-17-8-10-19-13-2-1-3-14(12-13)20-11-9-18-7-5-16/h1-3,12,15-16H,4-11H2. The Hall–Kier alpha value is -1.34. The minimum atomic E-state index is 0.0156. The molecule has 0 aliphatic heterocycles. The van der Waals surface area contributed by atoms with Gasteiger partial charge in [-0.15, -0.1) is 0 Å². The van der Waals surface area contributed by atoms with Crippen molar-refractivity contribution >= 4 is 0 Å². The average molecular weight is 286 g/mol. The van der Waals surface area contributed by atoms with Crippen molar-refractivity contribution in [2.45, 2.75) is 0 Å². The Bertz CT molecular complexity index is 315. The fourth-order valence-corrected chi connectivity index (χ4v) is 1.42. The van der Waals surface area contributed by atoms with E-state index in [9.17, 15) is 0 Å². The van der Waals surface area contributed by atoms with Crippen molar-refractivity contribution in [1.82, 2.24) is 0 Å². The normalized spacial score (nSPS) is 10.5. The molecular formula is C14H22O6. The fraction of sp³-hybridized carbons (Fsp3) is 0.571. The first-order valence-electron chi connectivity index (χ1n) is 6.59. The zero-order valence-corrected chi connectivity index (χ0v) is 11.5. The number of benzene rings is 1. The molecule has 0 fully saturated rings. The van der Waals surface area contributed by atoms with Crippen LogP contribution in [-0.4, -0.2) is 63.1 Å². The lowest BCUT2D eigenvalue weighted by Crippen LogP contribution is -2.10. The molecule has 1 aromatic carbocycles. The van der Waals surface area contributed by atoms with Gasteiger partial charge in [-0.3, -0.25) is 0 Å². The van der Waals surface area contributed by atoms with E-state index in [1.54, 1.807) is 6.07 Å². The highest BCUT2D eigenvalue weighted by molar-refractivity contribution is 5.32. The van der Waals surface area contributed by atoms with Crippen LogP contribution >= 0.6 is 0 Å². The molecule has 114 valence electrons. The van der Waals surface area contributed by atoms with E-state index in [0.717, 1.165) is 0 Å². The lowest BCUT2D eigenvalue weighted by Gasteiger charge is -2.10. The van der Waals surface area contributed by atoms with Gasteiger partial charge in [0.25, 0.3) is 0 Å². The molecule has 0 aromatic heterocycles. The van der Waals surface area contributed by atoms with Gasteiger partial charge in [0.15, 0.2) is 0 Å². The van der Waals surface area contributed by atoms with E-state index in [0.29, 0.717) is 51.1 Å². The summed E-state index contributed by atoms with van der Waals surface area (Å²) in [7, 11) is 0. The number of ether oxygens (including phenoxy) is 4. The molecule has 6 heteroatoms. The Morgan fingerprint density at radius 2 is 1.20 bits per heavy atom. The zero-order chi connectivity index (χ0) is 14.5. The lowest BCUT2D eigenvalue weighted by molar-refractivity contribution is 0.0689. The molecule has 0 saturated carbocycles. The van der Waals surface area contributed by atoms with Gasteiger partial charge in [0, 0.05) is 6.07 Å². The Kier molecular flexibility index (Phi) is 9.60. The minimum absolute atomic E-state index is 0.0156. The highest BCUT2D eigenvalue weighted by Crippen LogP contribution is 2.19. The van der Waals surface area contributed by atoms with Crippen molar-refractivity contribution in [3.63, 3.8) is 0 Å². The second-order valence-electron chi connectivity index (χ2n) is 3.84. The largest absolute Gasteiger partial charge is 0.491 e. The maximum absolute atomic E-state index is 8.55. The summed E-state index contributed by atoms with van der Waals surface area (Å²) in [5, 5.41) is 17.1. The summed E-state index contributed by atoms with van der Waals surface area (Å²) in [6.07, 6.45) is 0. The molecule has 0 saturated heterocycles. The molecule has 1 aromatic rings. The molecule has 0 radical (unpaired) electrons. The molecule has 6 nitrogen and oxygen atoms in total. The molecule has 0 aliphatic rings. The van der Waals surface area contributed by atoms with E-state index in [1.165, 1.54) is 0 Å². The van der Waals surface area contributed by atoms with Crippen LogP contribution in [0.4, 0.5) is 0 Å². The molecule has 0 heterocycles. The van der Waals surface area contributed by atoms with Gasteiger partial charge in [-0.1, -0.05) is 6.07 Å². The average Bonchev–Trinajstić information content (AvgIpc) is 2.47. The van der Waals surface area contributed by atoms with Crippen molar-refractivity contribution in [2.75, 3.05) is 52.9 Å². The summed E-state index contributed by atoms with van der Waals surface area (Å²) in [6, 6.07) is 7.30. The lowest BCUT2D eigenvalue weighted by atomic mass is 10.3. The predicted molar refractivity (Wildman–Crippen MR) is 73.2 cm³/mol. The van der Waals surface area contributed by atoms with Crippen LogP contribution < -0.4 is 9.47 Å². The summed E-state index contributed by atoms with van der Waals surface area (Å²) < 4.78 is 21.2. The van der Waals surface area contributed by atoms with Crippen LogP contribution in [-0.2, 0) is 9.47 Å². The molecule has 1 rings (SSSR count). The van der Waals surface area contributed by atoms with Crippen LogP contribution in [0.3, 0.4) is 0 Å². The molecule has 2 N–H and O–H groups in total. The Labute approximate surface area is 118 Å². The Balaban J connectivity index is 2.19. The minimum Gasteiger partial charge on any atom is -0.491 e. The van der Waals surface area contributed by atoms with Crippen LogP contribution in [0.25, 0.3) is 0 Å². The van der Waals surface area contributed by atoms with Crippen molar-refractivity contribution in [1.29, 1.82) is 0 Å². The second kappa shape index (κ2) is 11.5. The van der Waals surface area contributed by atoms with Gasteiger partial charge >= 0.3 is 0 Å². The van der Waals surface area contributed by atoms with E-state index in [4.69, 9.17) is 29.2 Å². The number of rotatable bonds is 12. The van der Waals surface area contributed by atoms with E-state index < -0.39 is 0 Å². The number of aliphatic hydroxyl groups excluding tert-OH is 2. The number of hydrogen-bond acceptors (Lipinski definition) is 6. The first-order chi connectivity index (χ1) is 9.86. The molecular weight excluding hydrogens is 264 g/mol. The van der Waals surface area contributed by atoms with Gasteiger partial charge in [-0.2, -0.15) is 0 Å². The number of aliphatic hydroxyl groups is 2. The van der Waals surface area contributed by atoms with E-state index >= 15 is 0 Å². The zero-order valence-electron chi connectivity index (χ0n) is 11.5. The molecule has 20 heavy (non-hydrogen) atoms. The van der Waals surface area contributed by atoms with Gasteiger partial charge in [0.2, 0.25) is 0 Å². The predicted octanol–water partition coefficient (Wildman–Crippen LogP) is 0.462. The molecule has 0 spiro atoms. The van der Waals surface area contributed by atoms with Gasteiger partial charge in [0.05, 0.1) is 39.6 Å². The maximum Gasteiger partial charge on any atom is 0.123 e. The summed E-state index contributed by atoms with van der Waals surface area (Å²) in [6.45, 7) is 2.37. The van der Waals surface area contributed by atoms with Crippen molar-refractivity contribution in [3.8, 4) is 11.5 Å². The summed E-state index contributed by atoms with van der Waals surface area (Å²) in [5.41, 5.74) is 0. The van der Waals surface area contributed by atoms with Crippen LogP contribution in [0, 0.1) is 0 Å². The summed E-state index contributed by atoms with van der Waals surface area (Å²) >= 11 is 0. The first-order valence-corrected chi connectivity index (χ1v) is 6.59. The maximum atomic E-state index is 8.55. The highest BCUT2D eigenvalue weighted by Gasteiger charge is 1.98. The van der Waals surface area contributed by atoms with Crippen LogP contribution in [0.5, 0.6) is 11.5 Å². The van der Waals surface area contributed by atoms with Crippen LogP contribution in [0.1, 0.15) is 0 Å².